The van der Waals surface area contributed by atoms with E-state index < -0.39 is 70.4 Å². The molecule has 0 radical (unpaired) electrons. The second-order valence-corrected chi connectivity index (χ2v) is 11.8. The molecule has 60 heavy (non-hydrogen) atoms. The zero-order valence-corrected chi connectivity index (χ0v) is 38.3. The van der Waals surface area contributed by atoms with Gasteiger partial charge in [-0.05, 0) is 0 Å². The van der Waals surface area contributed by atoms with Gasteiger partial charge >= 0.3 is 373 Å². The van der Waals surface area contributed by atoms with Gasteiger partial charge in [-0.15, -0.1) is 0 Å². The van der Waals surface area contributed by atoms with E-state index in [4.69, 9.17) is 88.4 Å². The van der Waals surface area contributed by atoms with Crippen LogP contribution in [0.5, 0.6) is 0 Å². The topological polar surface area (TPSA) is 192 Å². The molecule has 0 aromatic rings. The molecular weight excluding hydrogens is 776 g/mol. The predicted octanol–water partition coefficient (Wildman–Crippen LogP) is -8.56. The van der Waals surface area contributed by atoms with Crippen molar-refractivity contribution in [3.8, 4) is 0 Å². The molecule has 0 aliphatic heterocycles. The molecule has 0 rings (SSSR count). The molecule has 0 saturated heterocycles. The Labute approximate surface area is 371 Å². The quantitative estimate of drug-likeness (QED) is 0.0414. The molecule has 0 saturated carbocycles. The zero-order chi connectivity index (χ0) is 44.7. The van der Waals surface area contributed by atoms with E-state index >= 15 is 0 Å². The molecule has 0 aromatic heterocycles. The van der Waals surface area contributed by atoms with E-state index in [-0.39, 0.29) is 52.4 Å². The maximum atomic E-state index is 13.2. The van der Waals surface area contributed by atoms with Gasteiger partial charge in [-0.25, -0.2) is 0 Å². The Morgan fingerprint density at radius 2 is 0.417 bits per heavy atom. The first kappa shape index (κ1) is 60.3. The van der Waals surface area contributed by atoms with Gasteiger partial charge in [-0.1, -0.05) is 0 Å². The molecule has 20 nitrogen and oxygen atoms in total. The molecule has 0 spiro atoms. The first-order chi connectivity index (χ1) is 29.2. The van der Waals surface area contributed by atoms with Crippen LogP contribution in [0.1, 0.15) is 0 Å². The van der Waals surface area contributed by atoms with E-state index in [0.29, 0.717) is 82.0 Å². The predicted molar refractivity (Wildman–Crippen MR) is 260 cm³/mol. The average Bonchev–Trinajstić information content (AvgIpc) is 3.24. The summed E-state index contributed by atoms with van der Waals surface area (Å²) in [6.45, 7) is 20.1. The van der Waals surface area contributed by atoms with Crippen molar-refractivity contribution < 1.29 is 93.1 Å². The van der Waals surface area contributed by atoms with Crippen molar-refractivity contribution in [2.75, 3.05) is 0 Å². The first-order valence-electron chi connectivity index (χ1n) is 21.4. The van der Waals surface area contributed by atoms with E-state index in [0.717, 1.165) is 0 Å². The van der Waals surface area contributed by atoms with Crippen molar-refractivity contribution in [3.63, 3.8) is 0 Å². The van der Waals surface area contributed by atoms with Crippen LogP contribution in [0.2, 0.25) is 75.1 Å². The van der Waals surface area contributed by atoms with Gasteiger partial charge in [0.2, 0.25) is 0 Å². The fourth-order valence-corrected chi connectivity index (χ4v) is 4.91. The molecule has 0 aliphatic carbocycles. The minimum atomic E-state index is -2.43. The van der Waals surface area contributed by atoms with Crippen LogP contribution in [0.25, 0.3) is 0 Å². The Balaban J connectivity index is 6.68. The first-order valence-corrected chi connectivity index (χ1v) is 21.4. The van der Waals surface area contributed by atoms with Crippen LogP contribution in [0.4, 0.5) is 0 Å². The Kier molecular flexibility index (Phi) is 42.2. The Morgan fingerprint density at radius 1 is 0.267 bits per heavy atom. The second kappa shape index (κ2) is 42.0. The minimum absolute atomic E-state index is 0.00231. The van der Waals surface area contributed by atoms with Crippen LogP contribution in [-0.2, 0) is 93.1 Å². The van der Waals surface area contributed by atoms with Crippen molar-refractivity contribution in [2.45, 2.75) is 130 Å². The van der Waals surface area contributed by atoms with Crippen LogP contribution in [0, 0.1) is 0 Å². The maximum absolute atomic E-state index is 13.2. The molecule has 0 heterocycles. The van der Waals surface area contributed by atoms with Gasteiger partial charge < -0.3 is 0 Å². The molecule has 0 N–H and O–H groups in total. The van der Waals surface area contributed by atoms with Gasteiger partial charge in [0.25, 0.3) is 0 Å². The summed E-state index contributed by atoms with van der Waals surface area (Å²) in [4.78, 5) is 0. The molecule has 0 aromatic carbocycles. The molecule has 0 fully saturated rings. The van der Waals surface area contributed by atoms with Gasteiger partial charge in [-0.2, -0.15) is 0 Å². The summed E-state index contributed by atoms with van der Waals surface area (Å²) in [5.41, 5.74) is 0. The Morgan fingerprint density at radius 3 is 0.567 bits per heavy atom. The number of rotatable bonds is 47. The van der Waals surface area contributed by atoms with Gasteiger partial charge in [0, 0.05) is 0 Å². The summed E-state index contributed by atoms with van der Waals surface area (Å²) in [5.74, 6) is -2.43. The summed E-state index contributed by atoms with van der Waals surface area (Å²) in [5, 5.41) is 0. The molecule has 1 unspecified atom stereocenters. The molecule has 0 amide bonds. The van der Waals surface area contributed by atoms with Crippen molar-refractivity contribution in [1.82, 2.24) is 0 Å². The molecule has 40 heteroatoms. The molecule has 320 valence electrons. The van der Waals surface area contributed by atoms with Crippen molar-refractivity contribution in [2.24, 2.45) is 0 Å². The third kappa shape index (κ3) is 30.5. The van der Waals surface area contributed by atoms with Crippen molar-refractivity contribution in [3.05, 3.63) is 0 Å². The van der Waals surface area contributed by atoms with Crippen LogP contribution in [0.3, 0.4) is 0 Å². The van der Waals surface area contributed by atoms with E-state index in [1.54, 1.807) is 6.82 Å². The van der Waals surface area contributed by atoms with E-state index in [1.165, 1.54) is 0 Å². The van der Waals surface area contributed by atoms with Crippen LogP contribution in [-0.4, -0.2) is 205 Å². The van der Waals surface area contributed by atoms with Gasteiger partial charge in [0.1, 0.15) is 0 Å². The fraction of sp³-hybridized carbons (Fsp3) is 1.00. The number of hydrogen-bond acceptors (Lipinski definition) is 20. The molecule has 1 atom stereocenters. The molecule has 0 bridgehead atoms. The Hall–Kier alpha value is 0.339. The summed E-state index contributed by atoms with van der Waals surface area (Å²) >= 11 is 0. The standard InChI is InChI=1S/C20H60B20O20/c1-21-42-12(43-22-2)32-53-17(52-31-11)37-58-20(40-41,59-38-18(54-33-13(44-23-3)45-24-4)55-34-14(46-25-5)47-26-6)60-39-19(56-35-15(48-27-7)49-28-8)57-36-16(50-29-9)51-30-10/h12-19,21-39H,1-11H3. The van der Waals surface area contributed by atoms with Gasteiger partial charge in [-0.3, -0.25) is 0 Å². The van der Waals surface area contributed by atoms with E-state index in [9.17, 15) is 4.70 Å². The van der Waals surface area contributed by atoms with Gasteiger partial charge in [0.15, 0.2) is 0 Å². The van der Waals surface area contributed by atoms with E-state index in [2.05, 4.69) is 0 Å². The summed E-state index contributed by atoms with van der Waals surface area (Å²) < 4.78 is 124. The average molecular weight is 837 g/mol. The zero-order valence-electron chi connectivity index (χ0n) is 38.3. The van der Waals surface area contributed by atoms with Crippen molar-refractivity contribution in [1.29, 1.82) is 0 Å². The van der Waals surface area contributed by atoms with Gasteiger partial charge in [0.05, 0.1) is 0 Å². The van der Waals surface area contributed by atoms with Crippen molar-refractivity contribution >= 4 is 149 Å². The van der Waals surface area contributed by atoms with Crippen LogP contribution < -0.4 is 0 Å². The normalized spacial score (nSPS) is 11.8. The molecule has 0 aliphatic rings. The van der Waals surface area contributed by atoms with Crippen LogP contribution >= 0.6 is 0 Å². The third-order valence-electron chi connectivity index (χ3n) is 7.38. The summed E-state index contributed by atoms with van der Waals surface area (Å²) in [6.07, 6.45) is -6.81. The summed E-state index contributed by atoms with van der Waals surface area (Å²) in [7, 11) is 3.00. The SMILES string of the molecule is CBOC(BOC(BOC(B=O)(OBC(OBC(OBC)OBC)OBC(OBC)OBC)OBC(OBC(OBC)OBC)OBC(OBC)OBC)OBC)OBC. The monoisotopic (exact) mass is 841 g/mol. The number of hydrogen-bond donors (Lipinski definition) is 0. The van der Waals surface area contributed by atoms with Crippen LogP contribution in [0.15, 0.2) is 0 Å². The fourth-order valence-electron chi connectivity index (χ4n) is 4.91. The second-order valence-electron chi connectivity index (χ2n) is 11.8. The Bertz CT molecular complexity index is 846. The summed E-state index contributed by atoms with van der Waals surface area (Å²) in [6, 6.07) is 0. The third-order valence-corrected chi connectivity index (χ3v) is 7.38. The van der Waals surface area contributed by atoms with E-state index in [1.807, 2.05) is 68.2 Å². The molecular formula is C20H60B20O20.